The number of hydrogen-bond donors (Lipinski definition) is 3. The molecule has 8 heteroatoms. The maximum atomic E-state index is 12.1. The predicted molar refractivity (Wildman–Crippen MR) is 89.2 cm³/mol. The summed E-state index contributed by atoms with van der Waals surface area (Å²) < 4.78 is 31.2. The summed E-state index contributed by atoms with van der Waals surface area (Å²) in [5.74, 6) is -0.246. The van der Waals surface area contributed by atoms with E-state index >= 15 is 0 Å². The Morgan fingerprint density at radius 2 is 1.96 bits per heavy atom. The second kappa shape index (κ2) is 6.28. The van der Waals surface area contributed by atoms with E-state index < -0.39 is 14.2 Å². The molecule has 124 valence electrons. The molecule has 0 fully saturated rings. The van der Waals surface area contributed by atoms with Crippen LogP contribution in [-0.4, -0.2) is 37.7 Å². The van der Waals surface area contributed by atoms with Gasteiger partial charge in [-0.1, -0.05) is 0 Å². The Hall–Kier alpha value is -2.34. The van der Waals surface area contributed by atoms with Gasteiger partial charge in [0.25, 0.3) is 0 Å². The summed E-state index contributed by atoms with van der Waals surface area (Å²) in [6.45, 7) is 1.98. The number of hydrogen-bond acceptors (Lipinski definition) is 3. The molecule has 0 spiro atoms. The zero-order valence-electron chi connectivity index (χ0n) is 12.9. The van der Waals surface area contributed by atoms with Crippen molar-refractivity contribution >= 4 is 35.8 Å². The first-order valence-corrected chi connectivity index (χ1v) is 10.6. The second-order valence-electron chi connectivity index (χ2n) is 5.52. The molecule has 0 aliphatic carbocycles. The monoisotopic (exact) mass is 389 g/mol. The van der Waals surface area contributed by atoms with E-state index in [4.69, 9.17) is 8.19 Å². The molecule has 0 unspecified atom stereocenters. The summed E-state index contributed by atoms with van der Waals surface area (Å²) in [5, 5.41) is 2.69. The summed E-state index contributed by atoms with van der Waals surface area (Å²) in [6.07, 6.45) is 3.81. The fourth-order valence-electron chi connectivity index (χ4n) is 2.33. The molecule has 2 aromatic heterocycles. The van der Waals surface area contributed by atoms with Crippen LogP contribution in [-0.2, 0) is 15.0 Å². The summed E-state index contributed by atoms with van der Waals surface area (Å²) in [4.78, 5) is 16.5. The average molecular weight is 389 g/mol. The van der Waals surface area contributed by atoms with Crippen LogP contribution >= 0.6 is 0 Å². The number of pyridine rings is 1. The number of rotatable bonds is 4. The molecule has 0 aliphatic rings. The minimum atomic E-state index is -4.89. The van der Waals surface area contributed by atoms with Crippen LogP contribution in [0.5, 0.6) is 0 Å². The van der Waals surface area contributed by atoms with E-state index in [-0.39, 0.29) is 16.7 Å². The summed E-state index contributed by atoms with van der Waals surface area (Å²) >= 11 is -4.89. The Morgan fingerprint density at radius 3 is 2.62 bits per heavy atom. The van der Waals surface area contributed by atoms with Gasteiger partial charge in [0, 0.05) is 0 Å². The van der Waals surface area contributed by atoms with Gasteiger partial charge in [-0.3, -0.25) is 0 Å². The molecule has 3 rings (SSSR count). The Morgan fingerprint density at radius 1 is 1.25 bits per heavy atom. The van der Waals surface area contributed by atoms with Crippen molar-refractivity contribution < 1.29 is 16.7 Å². The first-order valence-electron chi connectivity index (χ1n) is 7.21. The Labute approximate surface area is 141 Å². The number of fused-ring (bicyclic) bond motifs is 1. The molecule has 0 aliphatic heterocycles. The van der Waals surface area contributed by atoms with Crippen LogP contribution in [0.4, 0.5) is 5.69 Å². The molecule has 0 radical (unpaired) electrons. The summed E-state index contributed by atoms with van der Waals surface area (Å²) in [6, 6.07) is 9.49. The molecule has 0 saturated carbocycles. The van der Waals surface area contributed by atoms with E-state index in [0.29, 0.717) is 11.4 Å². The van der Waals surface area contributed by atoms with Crippen molar-refractivity contribution in [1.82, 2.24) is 9.38 Å². The maximum absolute atomic E-state index is 12.1. The van der Waals surface area contributed by atoms with Gasteiger partial charge < -0.3 is 0 Å². The standard InChI is InChI=1S/C16H16AsN3O4/c1-11-6-7-20-10-14(18-15(20)8-11)9-16(21)19-13-4-2-12(3-5-13)17(22,23)24/h2-8,10H,9H2,1H3,(H,19,21)(H2,22,23,24). The molecule has 0 bridgehead atoms. The van der Waals surface area contributed by atoms with Crippen molar-refractivity contribution in [2.24, 2.45) is 0 Å². The Balaban J connectivity index is 1.69. The molecular formula is C16H16AsN3O4. The van der Waals surface area contributed by atoms with Crippen LogP contribution < -0.4 is 9.67 Å². The van der Waals surface area contributed by atoms with Gasteiger partial charge in [-0.2, -0.15) is 0 Å². The van der Waals surface area contributed by atoms with E-state index in [1.54, 1.807) is 6.20 Å². The SMILES string of the molecule is Cc1ccn2cc(CC(=O)Nc3ccc([As](=O)(O)O)cc3)nc2c1. The van der Waals surface area contributed by atoms with Crippen LogP contribution in [0.1, 0.15) is 11.3 Å². The number of aromatic nitrogens is 2. The van der Waals surface area contributed by atoms with E-state index in [9.17, 15) is 8.53 Å². The third kappa shape index (κ3) is 3.76. The van der Waals surface area contributed by atoms with Crippen LogP contribution in [0.25, 0.3) is 5.65 Å². The van der Waals surface area contributed by atoms with Gasteiger partial charge in [0.15, 0.2) is 0 Å². The van der Waals surface area contributed by atoms with Gasteiger partial charge in [0.1, 0.15) is 0 Å². The van der Waals surface area contributed by atoms with Gasteiger partial charge >= 0.3 is 134 Å². The average Bonchev–Trinajstić information content (AvgIpc) is 2.87. The van der Waals surface area contributed by atoms with Crippen LogP contribution in [0.3, 0.4) is 0 Å². The van der Waals surface area contributed by atoms with Crippen LogP contribution in [0.2, 0.25) is 0 Å². The van der Waals surface area contributed by atoms with Crippen LogP contribution in [0, 0.1) is 6.92 Å². The number of amides is 1. The Kier molecular flexibility index (Phi) is 4.32. The zero-order chi connectivity index (χ0) is 17.3. The summed E-state index contributed by atoms with van der Waals surface area (Å²) in [7, 11) is 0. The normalized spacial score (nSPS) is 11.6. The molecule has 7 nitrogen and oxygen atoms in total. The van der Waals surface area contributed by atoms with E-state index in [1.165, 1.54) is 24.3 Å². The fraction of sp³-hybridized carbons (Fsp3) is 0.125. The molecule has 1 aromatic carbocycles. The predicted octanol–water partition coefficient (Wildman–Crippen LogP) is 0.385. The van der Waals surface area contributed by atoms with Gasteiger partial charge in [-0.25, -0.2) is 0 Å². The number of nitrogens with zero attached hydrogens (tertiary/aromatic N) is 2. The first kappa shape index (κ1) is 16.5. The molecular weight excluding hydrogens is 373 g/mol. The van der Waals surface area contributed by atoms with E-state index in [0.717, 1.165) is 11.2 Å². The quantitative estimate of drug-likeness (QED) is 0.560. The number of carbonyl (C=O) groups is 1. The van der Waals surface area contributed by atoms with Crippen molar-refractivity contribution in [1.29, 1.82) is 0 Å². The van der Waals surface area contributed by atoms with Gasteiger partial charge in [-0.15, -0.1) is 0 Å². The number of nitrogens with one attached hydrogen (secondary N) is 1. The van der Waals surface area contributed by atoms with E-state index in [2.05, 4.69) is 10.3 Å². The van der Waals surface area contributed by atoms with Gasteiger partial charge in [0.05, 0.1) is 0 Å². The van der Waals surface area contributed by atoms with Crippen molar-refractivity contribution in [3.8, 4) is 0 Å². The molecule has 0 saturated heterocycles. The number of aryl methyl sites for hydroxylation is 1. The van der Waals surface area contributed by atoms with Gasteiger partial charge in [-0.05, 0) is 6.92 Å². The number of anilines is 1. The van der Waals surface area contributed by atoms with Crippen LogP contribution in [0.15, 0.2) is 48.8 Å². The van der Waals surface area contributed by atoms with Crippen molar-refractivity contribution in [3.05, 3.63) is 60.0 Å². The molecule has 3 N–H and O–H groups in total. The fourth-order valence-corrected chi connectivity index (χ4v) is 3.46. The number of benzene rings is 1. The van der Waals surface area contributed by atoms with Crippen molar-refractivity contribution in [2.75, 3.05) is 5.32 Å². The minimum absolute atomic E-state index is 0.0261. The van der Waals surface area contributed by atoms with Crippen molar-refractivity contribution in [2.45, 2.75) is 13.3 Å². The number of carbonyl (C=O) groups excluding carboxylic acids is 1. The van der Waals surface area contributed by atoms with Crippen molar-refractivity contribution in [3.63, 3.8) is 0 Å². The van der Waals surface area contributed by atoms with E-state index in [1.807, 2.05) is 29.7 Å². The first-order chi connectivity index (χ1) is 11.3. The summed E-state index contributed by atoms with van der Waals surface area (Å²) in [5.41, 5.74) is 3.00. The number of imidazole rings is 1. The molecule has 3 aromatic rings. The third-order valence-electron chi connectivity index (χ3n) is 3.49. The topological polar surface area (TPSA) is 104 Å². The molecule has 0 atom stereocenters. The molecule has 24 heavy (non-hydrogen) atoms. The second-order valence-corrected chi connectivity index (χ2v) is 8.88. The van der Waals surface area contributed by atoms with Gasteiger partial charge in [0.2, 0.25) is 0 Å². The molecule has 1 amide bonds. The molecule has 2 heterocycles. The zero-order valence-corrected chi connectivity index (χ0v) is 14.8. The Bertz CT molecular complexity index is 944. The third-order valence-corrected chi connectivity index (χ3v) is 5.53.